The molecule has 0 aliphatic carbocycles. The highest BCUT2D eigenvalue weighted by Crippen LogP contribution is 2.22. The standard InChI is InChI=1S/C12H19N5/c1-4-10-11(14-5-2)15-9-16-12(10)17(3)8-6-7-13/h9H,4-6,8H2,1-3H3,(H,14,15,16). The van der Waals surface area contributed by atoms with Crippen LogP contribution in [0.1, 0.15) is 25.8 Å². The van der Waals surface area contributed by atoms with Crippen LogP contribution in [0.5, 0.6) is 0 Å². The Morgan fingerprint density at radius 1 is 1.41 bits per heavy atom. The molecule has 0 saturated heterocycles. The molecule has 1 aromatic rings. The molecule has 0 atom stereocenters. The highest BCUT2D eigenvalue weighted by atomic mass is 15.2. The first kappa shape index (κ1) is 13.2. The van der Waals surface area contributed by atoms with Gasteiger partial charge >= 0.3 is 0 Å². The van der Waals surface area contributed by atoms with Gasteiger partial charge in [-0.3, -0.25) is 0 Å². The normalized spacial score (nSPS) is 9.76. The van der Waals surface area contributed by atoms with Crippen LogP contribution in [0.25, 0.3) is 0 Å². The van der Waals surface area contributed by atoms with Gasteiger partial charge in [0.2, 0.25) is 0 Å². The molecule has 1 N–H and O–H groups in total. The lowest BCUT2D eigenvalue weighted by atomic mass is 10.2. The maximum atomic E-state index is 8.61. The van der Waals surface area contributed by atoms with Gasteiger partial charge in [0.25, 0.3) is 0 Å². The zero-order valence-electron chi connectivity index (χ0n) is 10.7. The van der Waals surface area contributed by atoms with Crippen LogP contribution in [0, 0.1) is 11.3 Å². The van der Waals surface area contributed by atoms with E-state index >= 15 is 0 Å². The summed E-state index contributed by atoms with van der Waals surface area (Å²) in [6.07, 6.45) is 2.94. The highest BCUT2D eigenvalue weighted by Gasteiger charge is 2.12. The predicted molar refractivity (Wildman–Crippen MR) is 69.1 cm³/mol. The first-order valence-corrected chi connectivity index (χ1v) is 5.90. The number of nitriles is 1. The number of hydrogen-bond donors (Lipinski definition) is 1. The van der Waals surface area contributed by atoms with Crippen molar-refractivity contribution in [3.8, 4) is 6.07 Å². The van der Waals surface area contributed by atoms with Crippen LogP contribution in [0.2, 0.25) is 0 Å². The summed E-state index contributed by atoms with van der Waals surface area (Å²) < 4.78 is 0. The number of rotatable bonds is 6. The van der Waals surface area contributed by atoms with E-state index in [0.29, 0.717) is 13.0 Å². The Hall–Kier alpha value is -1.83. The van der Waals surface area contributed by atoms with Crippen molar-refractivity contribution in [1.82, 2.24) is 9.97 Å². The van der Waals surface area contributed by atoms with Crippen molar-refractivity contribution in [2.24, 2.45) is 0 Å². The average Bonchev–Trinajstić information content (AvgIpc) is 2.36. The van der Waals surface area contributed by atoms with E-state index in [4.69, 9.17) is 5.26 Å². The van der Waals surface area contributed by atoms with Crippen molar-refractivity contribution in [3.63, 3.8) is 0 Å². The maximum Gasteiger partial charge on any atom is 0.137 e. The van der Waals surface area contributed by atoms with E-state index < -0.39 is 0 Å². The van der Waals surface area contributed by atoms with Gasteiger partial charge in [0.15, 0.2) is 0 Å². The van der Waals surface area contributed by atoms with Gasteiger partial charge in [-0.25, -0.2) is 9.97 Å². The Bertz CT molecular complexity index is 396. The van der Waals surface area contributed by atoms with E-state index in [1.807, 2.05) is 18.9 Å². The summed E-state index contributed by atoms with van der Waals surface area (Å²) in [5.41, 5.74) is 1.11. The fraction of sp³-hybridized carbons (Fsp3) is 0.583. The van der Waals surface area contributed by atoms with Gasteiger partial charge in [-0.05, 0) is 13.3 Å². The van der Waals surface area contributed by atoms with Crippen molar-refractivity contribution in [3.05, 3.63) is 11.9 Å². The van der Waals surface area contributed by atoms with Gasteiger partial charge < -0.3 is 10.2 Å². The Morgan fingerprint density at radius 3 is 2.76 bits per heavy atom. The van der Waals surface area contributed by atoms with Crippen molar-refractivity contribution in [2.45, 2.75) is 26.7 Å². The number of nitrogens with one attached hydrogen (secondary N) is 1. The Morgan fingerprint density at radius 2 is 2.18 bits per heavy atom. The van der Waals surface area contributed by atoms with Crippen LogP contribution >= 0.6 is 0 Å². The monoisotopic (exact) mass is 233 g/mol. The minimum Gasteiger partial charge on any atom is -0.370 e. The van der Waals surface area contributed by atoms with E-state index in [1.54, 1.807) is 6.33 Å². The Kier molecular flexibility index (Phi) is 5.21. The summed E-state index contributed by atoms with van der Waals surface area (Å²) in [5.74, 6) is 1.80. The first-order valence-electron chi connectivity index (χ1n) is 5.90. The molecule has 0 spiro atoms. The minimum atomic E-state index is 0.500. The molecule has 1 heterocycles. The molecule has 92 valence electrons. The molecule has 5 heteroatoms. The van der Waals surface area contributed by atoms with Gasteiger partial charge in [0.05, 0.1) is 12.5 Å². The van der Waals surface area contributed by atoms with E-state index in [2.05, 4.69) is 28.3 Å². The van der Waals surface area contributed by atoms with E-state index in [0.717, 1.165) is 30.2 Å². The van der Waals surface area contributed by atoms with E-state index in [9.17, 15) is 0 Å². The molecule has 5 nitrogen and oxygen atoms in total. The molecule has 1 rings (SSSR count). The smallest absolute Gasteiger partial charge is 0.137 e. The molecule has 0 aliphatic heterocycles. The third kappa shape index (κ3) is 3.31. The van der Waals surface area contributed by atoms with Gasteiger partial charge in [0.1, 0.15) is 18.0 Å². The molecule has 0 bridgehead atoms. The number of aromatic nitrogens is 2. The zero-order chi connectivity index (χ0) is 12.7. The SMILES string of the molecule is CCNc1ncnc(N(C)CCC#N)c1CC. The third-order valence-corrected chi connectivity index (χ3v) is 2.54. The topological polar surface area (TPSA) is 64.8 Å². The van der Waals surface area contributed by atoms with Crippen LogP contribution in [0.4, 0.5) is 11.6 Å². The summed E-state index contributed by atoms with van der Waals surface area (Å²) in [6.45, 7) is 5.65. The van der Waals surface area contributed by atoms with Crippen LogP contribution in [-0.4, -0.2) is 30.1 Å². The number of anilines is 2. The van der Waals surface area contributed by atoms with Crippen LogP contribution < -0.4 is 10.2 Å². The summed E-state index contributed by atoms with van der Waals surface area (Å²) in [4.78, 5) is 10.6. The second-order valence-corrected chi connectivity index (χ2v) is 3.74. The Labute approximate surface area is 102 Å². The molecule has 0 radical (unpaired) electrons. The first-order chi connectivity index (χ1) is 8.24. The van der Waals surface area contributed by atoms with Crippen LogP contribution in [-0.2, 0) is 6.42 Å². The predicted octanol–water partition coefficient (Wildman–Crippen LogP) is 1.82. The largest absolute Gasteiger partial charge is 0.370 e. The maximum absolute atomic E-state index is 8.61. The molecule has 0 fully saturated rings. The van der Waals surface area contributed by atoms with E-state index in [-0.39, 0.29) is 0 Å². The molecular formula is C12H19N5. The third-order valence-electron chi connectivity index (χ3n) is 2.54. The second-order valence-electron chi connectivity index (χ2n) is 3.74. The summed E-state index contributed by atoms with van der Waals surface area (Å²) in [7, 11) is 1.95. The molecule has 0 aliphatic rings. The summed E-state index contributed by atoms with van der Waals surface area (Å²) >= 11 is 0. The lowest BCUT2D eigenvalue weighted by Gasteiger charge is -2.21. The van der Waals surface area contributed by atoms with Gasteiger partial charge in [-0.2, -0.15) is 5.26 Å². The molecule has 1 aromatic heterocycles. The van der Waals surface area contributed by atoms with E-state index in [1.165, 1.54) is 0 Å². The number of nitrogens with zero attached hydrogens (tertiary/aromatic N) is 4. The van der Waals surface area contributed by atoms with Gasteiger partial charge in [0, 0.05) is 25.7 Å². The number of hydrogen-bond acceptors (Lipinski definition) is 5. The second kappa shape index (κ2) is 6.69. The lowest BCUT2D eigenvalue weighted by molar-refractivity contribution is 0.862. The molecule has 0 aromatic carbocycles. The lowest BCUT2D eigenvalue weighted by Crippen LogP contribution is -2.22. The molecule has 17 heavy (non-hydrogen) atoms. The highest BCUT2D eigenvalue weighted by molar-refractivity contribution is 5.58. The van der Waals surface area contributed by atoms with Crippen molar-refractivity contribution < 1.29 is 0 Å². The zero-order valence-corrected chi connectivity index (χ0v) is 10.7. The molecule has 0 saturated carbocycles. The molecule has 0 unspecified atom stereocenters. The summed E-state index contributed by atoms with van der Waals surface area (Å²) in [6, 6.07) is 2.14. The fourth-order valence-corrected chi connectivity index (χ4v) is 1.70. The van der Waals surface area contributed by atoms with Gasteiger partial charge in [-0.15, -0.1) is 0 Å². The van der Waals surface area contributed by atoms with Crippen LogP contribution in [0.15, 0.2) is 6.33 Å². The van der Waals surface area contributed by atoms with Crippen LogP contribution in [0.3, 0.4) is 0 Å². The van der Waals surface area contributed by atoms with Crippen molar-refractivity contribution in [2.75, 3.05) is 30.4 Å². The fourth-order valence-electron chi connectivity index (χ4n) is 1.70. The summed E-state index contributed by atoms with van der Waals surface area (Å²) in [5, 5.41) is 11.8. The van der Waals surface area contributed by atoms with Crippen molar-refractivity contribution in [1.29, 1.82) is 5.26 Å². The Balaban J connectivity index is 2.98. The molecule has 0 amide bonds. The average molecular weight is 233 g/mol. The molecular weight excluding hydrogens is 214 g/mol. The quantitative estimate of drug-likeness (QED) is 0.812. The van der Waals surface area contributed by atoms with Crippen molar-refractivity contribution >= 4 is 11.6 Å². The minimum absolute atomic E-state index is 0.500. The van der Waals surface area contributed by atoms with Gasteiger partial charge in [-0.1, -0.05) is 6.92 Å².